The molecule has 0 radical (unpaired) electrons. The van der Waals surface area contributed by atoms with Crippen molar-refractivity contribution in [2.24, 2.45) is 5.92 Å². The van der Waals surface area contributed by atoms with E-state index < -0.39 is 12.5 Å². The van der Waals surface area contributed by atoms with Gasteiger partial charge in [0.15, 0.2) is 11.6 Å². The highest BCUT2D eigenvalue weighted by Gasteiger charge is 2.22. The van der Waals surface area contributed by atoms with Crippen LogP contribution in [0.3, 0.4) is 0 Å². The summed E-state index contributed by atoms with van der Waals surface area (Å²) < 4.78 is 0. The van der Waals surface area contributed by atoms with Crippen LogP contribution in [0.2, 0.25) is 0 Å². The lowest BCUT2D eigenvalue weighted by Gasteiger charge is -2.18. The van der Waals surface area contributed by atoms with Crippen molar-refractivity contribution in [3.05, 3.63) is 59.7 Å². The minimum absolute atomic E-state index is 0.0773. The zero-order valence-corrected chi connectivity index (χ0v) is 15.7. The number of carbonyl (C=O) groups excluding carboxylic acids is 2. The monoisotopic (exact) mass is 353 g/mol. The number of aliphatic hydroxyl groups is 1. The molecule has 4 heteroatoms. The summed E-state index contributed by atoms with van der Waals surface area (Å²) in [5, 5.41) is 9.12. The van der Waals surface area contributed by atoms with Crippen molar-refractivity contribution >= 4 is 11.6 Å². The van der Waals surface area contributed by atoms with E-state index in [0.29, 0.717) is 12.1 Å². The molecule has 0 heterocycles. The van der Waals surface area contributed by atoms with Gasteiger partial charge in [0.25, 0.3) is 0 Å². The highest BCUT2D eigenvalue weighted by atomic mass is 16.3. The van der Waals surface area contributed by atoms with Crippen molar-refractivity contribution in [1.29, 1.82) is 0 Å². The number of ketones is 2. The Kier molecular flexibility index (Phi) is 7.25. The van der Waals surface area contributed by atoms with Crippen LogP contribution in [-0.2, 0) is 11.2 Å². The molecule has 0 aliphatic rings. The van der Waals surface area contributed by atoms with Crippen molar-refractivity contribution in [2.45, 2.75) is 19.8 Å². The van der Waals surface area contributed by atoms with E-state index in [9.17, 15) is 9.59 Å². The number of nitrogens with zero attached hydrogens (tertiary/aromatic N) is 1. The number of hydrogen-bond donors (Lipinski definition) is 1. The van der Waals surface area contributed by atoms with Crippen LogP contribution in [0.4, 0.5) is 0 Å². The van der Waals surface area contributed by atoms with Gasteiger partial charge in [-0.1, -0.05) is 55.5 Å². The minimum atomic E-state index is -0.529. The molecular formula is C22H27NO3. The van der Waals surface area contributed by atoms with Crippen LogP contribution >= 0.6 is 0 Å². The Hall–Kier alpha value is -2.30. The lowest BCUT2D eigenvalue weighted by molar-refractivity contribution is -0.126. The molecule has 2 rings (SSSR count). The Morgan fingerprint density at radius 1 is 0.962 bits per heavy atom. The van der Waals surface area contributed by atoms with E-state index in [1.165, 1.54) is 5.56 Å². The maximum atomic E-state index is 12.5. The van der Waals surface area contributed by atoms with E-state index >= 15 is 0 Å². The first kappa shape index (κ1) is 20.0. The Morgan fingerprint density at radius 2 is 1.50 bits per heavy atom. The van der Waals surface area contributed by atoms with Gasteiger partial charge >= 0.3 is 0 Å². The Balaban J connectivity index is 2.10. The average Bonchev–Trinajstić information content (AvgIpc) is 2.66. The van der Waals surface area contributed by atoms with E-state index in [0.717, 1.165) is 17.5 Å². The molecule has 0 amide bonds. The predicted octanol–water partition coefficient (Wildman–Crippen LogP) is 3.23. The van der Waals surface area contributed by atoms with Crippen LogP contribution < -0.4 is 0 Å². The molecule has 138 valence electrons. The van der Waals surface area contributed by atoms with Crippen molar-refractivity contribution in [3.63, 3.8) is 0 Å². The second kappa shape index (κ2) is 9.41. The highest BCUT2D eigenvalue weighted by molar-refractivity contribution is 5.99. The summed E-state index contributed by atoms with van der Waals surface area (Å²) in [5.41, 5.74) is 4.05. The third-order valence-electron chi connectivity index (χ3n) is 4.53. The van der Waals surface area contributed by atoms with Gasteiger partial charge < -0.3 is 10.0 Å². The summed E-state index contributed by atoms with van der Waals surface area (Å²) in [7, 11) is 3.70. The molecular weight excluding hydrogens is 326 g/mol. The molecule has 0 saturated carbocycles. The van der Waals surface area contributed by atoms with Gasteiger partial charge in [-0.3, -0.25) is 9.59 Å². The molecule has 1 N–H and O–H groups in total. The van der Waals surface area contributed by atoms with Crippen molar-refractivity contribution in [2.75, 3.05) is 27.2 Å². The summed E-state index contributed by atoms with van der Waals surface area (Å²) in [6.07, 6.45) is 1.12. The van der Waals surface area contributed by atoms with Gasteiger partial charge in [-0.2, -0.15) is 0 Å². The largest absolute Gasteiger partial charge is 0.389 e. The molecule has 0 aliphatic carbocycles. The highest BCUT2D eigenvalue weighted by Crippen LogP contribution is 2.22. The normalized spacial score (nSPS) is 12.2. The SMILES string of the molecule is CCc1ccc(-c2ccc(C(=O)CC(CN(C)C)C(=O)CO)cc2)cc1. The molecule has 0 saturated heterocycles. The fourth-order valence-corrected chi connectivity index (χ4v) is 2.97. The first-order valence-corrected chi connectivity index (χ1v) is 8.95. The quantitative estimate of drug-likeness (QED) is 0.703. The Morgan fingerprint density at radius 3 is 1.96 bits per heavy atom. The summed E-state index contributed by atoms with van der Waals surface area (Å²) in [5.74, 6) is -0.852. The zero-order chi connectivity index (χ0) is 19.1. The van der Waals surface area contributed by atoms with Crippen molar-refractivity contribution < 1.29 is 14.7 Å². The molecule has 0 aromatic heterocycles. The fourth-order valence-electron chi connectivity index (χ4n) is 2.97. The van der Waals surface area contributed by atoms with Crippen LogP contribution in [0.25, 0.3) is 11.1 Å². The van der Waals surface area contributed by atoms with E-state index in [-0.39, 0.29) is 18.0 Å². The maximum absolute atomic E-state index is 12.5. The summed E-state index contributed by atoms with van der Waals surface area (Å²) in [6, 6.07) is 15.9. The van der Waals surface area contributed by atoms with E-state index in [1.807, 2.05) is 43.3 Å². The van der Waals surface area contributed by atoms with E-state index in [2.05, 4.69) is 31.2 Å². The Labute approximate surface area is 155 Å². The lowest BCUT2D eigenvalue weighted by Crippen LogP contribution is -2.31. The molecule has 1 unspecified atom stereocenters. The topological polar surface area (TPSA) is 57.6 Å². The van der Waals surface area contributed by atoms with Gasteiger partial charge in [-0.25, -0.2) is 0 Å². The van der Waals surface area contributed by atoms with Crippen LogP contribution in [-0.4, -0.2) is 48.8 Å². The molecule has 0 fully saturated rings. The number of hydrogen-bond acceptors (Lipinski definition) is 4. The van der Waals surface area contributed by atoms with Gasteiger partial charge in [0.1, 0.15) is 6.61 Å². The van der Waals surface area contributed by atoms with Gasteiger partial charge in [0, 0.05) is 24.4 Å². The number of Topliss-reactive ketones (excluding diaryl/α,β-unsaturated/α-hetero) is 2. The van der Waals surface area contributed by atoms with Gasteiger partial charge in [0.2, 0.25) is 0 Å². The van der Waals surface area contributed by atoms with Crippen LogP contribution in [0.15, 0.2) is 48.5 Å². The third-order valence-corrected chi connectivity index (χ3v) is 4.53. The fraction of sp³-hybridized carbons (Fsp3) is 0.364. The molecule has 4 nitrogen and oxygen atoms in total. The van der Waals surface area contributed by atoms with E-state index in [1.54, 1.807) is 0 Å². The molecule has 1 atom stereocenters. The summed E-state index contributed by atoms with van der Waals surface area (Å²) >= 11 is 0. The molecule has 0 bridgehead atoms. The van der Waals surface area contributed by atoms with Crippen molar-refractivity contribution in [3.8, 4) is 11.1 Å². The number of carbonyl (C=O) groups is 2. The summed E-state index contributed by atoms with van der Waals surface area (Å²) in [4.78, 5) is 26.3. The lowest BCUT2D eigenvalue weighted by atomic mass is 9.93. The molecule has 2 aromatic carbocycles. The molecule has 0 spiro atoms. The standard InChI is InChI=1S/C22H27NO3/c1-4-16-5-7-17(8-6-16)18-9-11-19(12-10-18)21(25)13-20(14-23(2)3)22(26)15-24/h5-12,20,24H,4,13-15H2,1-3H3. The molecule has 26 heavy (non-hydrogen) atoms. The van der Waals surface area contributed by atoms with Gasteiger partial charge in [0.05, 0.1) is 0 Å². The minimum Gasteiger partial charge on any atom is -0.389 e. The maximum Gasteiger partial charge on any atom is 0.163 e. The second-order valence-electron chi connectivity index (χ2n) is 6.84. The zero-order valence-electron chi connectivity index (χ0n) is 15.7. The average molecular weight is 353 g/mol. The smallest absolute Gasteiger partial charge is 0.163 e. The molecule has 2 aromatic rings. The Bertz CT molecular complexity index is 733. The van der Waals surface area contributed by atoms with Gasteiger partial charge in [-0.05, 0) is 37.2 Å². The summed E-state index contributed by atoms with van der Waals surface area (Å²) in [6.45, 7) is 2.05. The number of aliphatic hydroxyl groups excluding tert-OH is 1. The third kappa shape index (κ3) is 5.35. The first-order chi connectivity index (χ1) is 12.4. The first-order valence-electron chi connectivity index (χ1n) is 8.95. The number of aryl methyl sites for hydroxylation is 1. The van der Waals surface area contributed by atoms with Crippen molar-refractivity contribution in [1.82, 2.24) is 4.90 Å². The second-order valence-corrected chi connectivity index (χ2v) is 6.84. The van der Waals surface area contributed by atoms with Crippen LogP contribution in [0.5, 0.6) is 0 Å². The number of benzene rings is 2. The van der Waals surface area contributed by atoms with E-state index in [4.69, 9.17) is 5.11 Å². The molecule has 0 aliphatic heterocycles. The van der Waals surface area contributed by atoms with Crippen LogP contribution in [0, 0.1) is 5.92 Å². The van der Waals surface area contributed by atoms with Crippen LogP contribution in [0.1, 0.15) is 29.3 Å². The number of rotatable bonds is 9. The predicted molar refractivity (Wildman–Crippen MR) is 104 cm³/mol. The van der Waals surface area contributed by atoms with Gasteiger partial charge in [-0.15, -0.1) is 0 Å².